The fraction of sp³-hybridized carbons (Fsp3) is 0.667. The Balaban J connectivity index is 1.52. The van der Waals surface area contributed by atoms with E-state index in [9.17, 15) is 15.3 Å². The van der Waals surface area contributed by atoms with Gasteiger partial charge in [0.25, 0.3) is 0 Å². The molecule has 2 unspecified atom stereocenters. The molecule has 3 atom stereocenters. The highest BCUT2D eigenvalue weighted by molar-refractivity contribution is 5.40. The van der Waals surface area contributed by atoms with Gasteiger partial charge in [0.05, 0.1) is 18.8 Å². The molecule has 0 amide bonds. The molecule has 1 saturated heterocycles. The van der Waals surface area contributed by atoms with E-state index in [0.29, 0.717) is 12.6 Å². The smallest absolute Gasteiger partial charge is 0.157 e. The maximum Gasteiger partial charge on any atom is 0.157 e. The molecule has 1 aliphatic carbocycles. The van der Waals surface area contributed by atoms with Crippen molar-refractivity contribution in [1.29, 1.82) is 0 Å². The molecule has 1 aliphatic heterocycles. The third-order valence-electron chi connectivity index (χ3n) is 5.09. The van der Waals surface area contributed by atoms with Crippen LogP contribution in [0.15, 0.2) is 18.2 Å². The molecule has 0 spiro atoms. The van der Waals surface area contributed by atoms with Crippen LogP contribution in [-0.2, 0) is 11.2 Å². The lowest BCUT2D eigenvalue weighted by molar-refractivity contribution is -0.0316. The Morgan fingerprint density at radius 3 is 2.65 bits per heavy atom. The highest BCUT2D eigenvalue weighted by Gasteiger charge is 2.34. The number of aliphatic hydroxyl groups is 1. The van der Waals surface area contributed by atoms with Crippen LogP contribution in [0.25, 0.3) is 0 Å². The average molecular weight is 321 g/mol. The number of aromatic hydroxyl groups is 2. The molecular formula is C18H27NO4. The molecule has 5 heteroatoms. The summed E-state index contributed by atoms with van der Waals surface area (Å²) in [7, 11) is 0. The molecule has 3 rings (SSSR count). The first-order chi connectivity index (χ1) is 11.1. The van der Waals surface area contributed by atoms with E-state index in [0.717, 1.165) is 44.3 Å². The van der Waals surface area contributed by atoms with Gasteiger partial charge in [-0.3, -0.25) is 4.90 Å². The standard InChI is InChI=1S/C18H27NO4/c20-14-7-9-19(12-14)15-3-1-2-4-18(15)23-10-8-13-5-6-16(21)17(22)11-13/h5-6,11,14-15,18,20-22H,1-4,7-10,12H2/t14?,15?,18-/m0/s1. The van der Waals surface area contributed by atoms with Crippen LogP contribution >= 0.6 is 0 Å². The van der Waals surface area contributed by atoms with Gasteiger partial charge in [0.15, 0.2) is 11.5 Å². The van der Waals surface area contributed by atoms with Crippen molar-refractivity contribution in [3.05, 3.63) is 23.8 Å². The molecule has 1 heterocycles. The van der Waals surface area contributed by atoms with E-state index in [1.54, 1.807) is 6.07 Å². The molecule has 2 fully saturated rings. The van der Waals surface area contributed by atoms with Crippen LogP contribution in [0.3, 0.4) is 0 Å². The van der Waals surface area contributed by atoms with Crippen molar-refractivity contribution in [1.82, 2.24) is 4.90 Å². The van der Waals surface area contributed by atoms with Gasteiger partial charge in [-0.1, -0.05) is 18.9 Å². The Kier molecular flexibility index (Phi) is 5.41. The number of likely N-dealkylation sites (tertiary alicyclic amines) is 1. The summed E-state index contributed by atoms with van der Waals surface area (Å²) < 4.78 is 6.15. The lowest BCUT2D eigenvalue weighted by Crippen LogP contribution is -2.46. The van der Waals surface area contributed by atoms with Gasteiger partial charge >= 0.3 is 0 Å². The van der Waals surface area contributed by atoms with E-state index in [-0.39, 0.29) is 23.7 Å². The Morgan fingerprint density at radius 2 is 1.91 bits per heavy atom. The second kappa shape index (κ2) is 7.51. The predicted octanol–water partition coefficient (Wildman–Crippen LogP) is 2.03. The number of nitrogens with zero attached hydrogens (tertiary/aromatic N) is 1. The zero-order valence-electron chi connectivity index (χ0n) is 13.5. The van der Waals surface area contributed by atoms with Gasteiger partial charge in [0.1, 0.15) is 0 Å². The highest BCUT2D eigenvalue weighted by atomic mass is 16.5. The van der Waals surface area contributed by atoms with Crippen molar-refractivity contribution < 1.29 is 20.1 Å². The quantitative estimate of drug-likeness (QED) is 0.724. The normalized spacial score (nSPS) is 29.0. The number of hydrogen-bond donors (Lipinski definition) is 3. The number of benzene rings is 1. The van der Waals surface area contributed by atoms with Crippen molar-refractivity contribution in [3.63, 3.8) is 0 Å². The summed E-state index contributed by atoms with van der Waals surface area (Å²) in [5, 5.41) is 28.6. The molecular weight excluding hydrogens is 294 g/mol. The Hall–Kier alpha value is -1.30. The van der Waals surface area contributed by atoms with Gasteiger partial charge in [-0.05, 0) is 43.4 Å². The molecule has 1 aromatic rings. The first-order valence-corrected chi connectivity index (χ1v) is 8.68. The second-order valence-corrected chi connectivity index (χ2v) is 6.77. The van der Waals surface area contributed by atoms with Crippen LogP contribution in [-0.4, -0.2) is 58.2 Å². The van der Waals surface area contributed by atoms with E-state index >= 15 is 0 Å². The number of β-amino-alcohol motifs (C(OH)–C–C–N with tert-alkyl or cyclic N) is 1. The maximum atomic E-state index is 9.76. The Bertz CT molecular complexity index is 522. The van der Waals surface area contributed by atoms with Crippen molar-refractivity contribution in [3.8, 4) is 11.5 Å². The summed E-state index contributed by atoms with van der Waals surface area (Å²) in [5.41, 5.74) is 0.962. The number of hydrogen-bond acceptors (Lipinski definition) is 5. The lowest BCUT2D eigenvalue weighted by atomic mass is 9.91. The van der Waals surface area contributed by atoms with E-state index in [1.165, 1.54) is 18.9 Å². The summed E-state index contributed by atoms with van der Waals surface area (Å²) in [6, 6.07) is 5.34. The fourth-order valence-electron chi connectivity index (χ4n) is 3.81. The minimum Gasteiger partial charge on any atom is -0.504 e. The largest absolute Gasteiger partial charge is 0.504 e. The van der Waals surface area contributed by atoms with Crippen molar-refractivity contribution in [2.75, 3.05) is 19.7 Å². The summed E-state index contributed by atoms with van der Waals surface area (Å²) >= 11 is 0. The third kappa shape index (κ3) is 4.16. The number of phenolic OH excluding ortho intramolecular Hbond substituents is 2. The Labute approximate surface area is 137 Å². The molecule has 0 bridgehead atoms. The number of rotatable bonds is 5. The minimum atomic E-state index is -0.183. The van der Waals surface area contributed by atoms with E-state index in [2.05, 4.69) is 4.90 Å². The first-order valence-electron chi connectivity index (χ1n) is 8.68. The highest BCUT2D eigenvalue weighted by Crippen LogP contribution is 2.29. The molecule has 0 aromatic heterocycles. The van der Waals surface area contributed by atoms with Crippen molar-refractivity contribution in [2.45, 2.75) is 56.8 Å². The van der Waals surface area contributed by atoms with E-state index in [4.69, 9.17) is 4.74 Å². The predicted molar refractivity (Wildman–Crippen MR) is 87.7 cm³/mol. The lowest BCUT2D eigenvalue weighted by Gasteiger charge is -2.37. The fourth-order valence-corrected chi connectivity index (χ4v) is 3.81. The Morgan fingerprint density at radius 1 is 1.09 bits per heavy atom. The minimum absolute atomic E-state index is 0.0795. The van der Waals surface area contributed by atoms with Crippen LogP contribution in [0.4, 0.5) is 0 Å². The van der Waals surface area contributed by atoms with Crippen molar-refractivity contribution in [2.24, 2.45) is 0 Å². The average Bonchev–Trinajstić information content (AvgIpc) is 2.98. The number of aliphatic hydroxyl groups excluding tert-OH is 1. The van der Waals surface area contributed by atoms with Crippen LogP contribution in [0.1, 0.15) is 37.7 Å². The molecule has 23 heavy (non-hydrogen) atoms. The zero-order chi connectivity index (χ0) is 16.2. The van der Waals surface area contributed by atoms with Gasteiger partial charge < -0.3 is 20.1 Å². The molecule has 3 N–H and O–H groups in total. The summed E-state index contributed by atoms with van der Waals surface area (Å²) in [6.07, 6.45) is 6.32. The van der Waals surface area contributed by atoms with Gasteiger partial charge in [-0.25, -0.2) is 0 Å². The monoisotopic (exact) mass is 321 g/mol. The topological polar surface area (TPSA) is 73.2 Å². The summed E-state index contributed by atoms with van der Waals surface area (Å²) in [5.74, 6) is -0.168. The maximum absolute atomic E-state index is 9.76. The van der Waals surface area contributed by atoms with Gasteiger partial charge in [-0.2, -0.15) is 0 Å². The molecule has 0 radical (unpaired) electrons. The van der Waals surface area contributed by atoms with Gasteiger partial charge in [0, 0.05) is 19.1 Å². The summed E-state index contributed by atoms with van der Waals surface area (Å²) in [6.45, 7) is 2.36. The van der Waals surface area contributed by atoms with Gasteiger partial charge in [-0.15, -0.1) is 0 Å². The van der Waals surface area contributed by atoms with Crippen LogP contribution in [0.2, 0.25) is 0 Å². The first kappa shape index (κ1) is 16.6. The molecule has 128 valence electrons. The van der Waals surface area contributed by atoms with Crippen molar-refractivity contribution >= 4 is 0 Å². The molecule has 2 aliphatic rings. The molecule has 1 aromatic carbocycles. The van der Waals surface area contributed by atoms with Crippen LogP contribution in [0, 0.1) is 0 Å². The summed E-state index contributed by atoms with van der Waals surface area (Å²) in [4.78, 5) is 2.39. The van der Waals surface area contributed by atoms with Crippen LogP contribution < -0.4 is 0 Å². The van der Waals surface area contributed by atoms with E-state index in [1.807, 2.05) is 6.07 Å². The second-order valence-electron chi connectivity index (χ2n) is 6.77. The zero-order valence-corrected chi connectivity index (χ0v) is 13.5. The van der Waals surface area contributed by atoms with Crippen LogP contribution in [0.5, 0.6) is 11.5 Å². The number of phenols is 2. The SMILES string of the molecule is Oc1ccc(CCO[C@H]2CCCCC2N2CCC(O)C2)cc1O. The third-order valence-corrected chi connectivity index (χ3v) is 5.09. The number of ether oxygens (including phenoxy) is 1. The molecule has 1 saturated carbocycles. The van der Waals surface area contributed by atoms with Gasteiger partial charge in [0.2, 0.25) is 0 Å². The molecule has 5 nitrogen and oxygen atoms in total. The van der Waals surface area contributed by atoms with E-state index < -0.39 is 0 Å².